The second-order valence-electron chi connectivity index (χ2n) is 4.37. The molecule has 0 aliphatic rings. The molecule has 0 spiro atoms. The van der Waals surface area contributed by atoms with Gasteiger partial charge in [0.15, 0.2) is 12.2 Å². The zero-order valence-corrected chi connectivity index (χ0v) is 11.0. The predicted octanol–water partition coefficient (Wildman–Crippen LogP) is 1.52. The van der Waals surface area contributed by atoms with E-state index in [1.807, 2.05) is 0 Å². The number of aliphatic hydroxyl groups excluding tert-OH is 2. The topological polar surface area (TPSA) is 83.8 Å². The van der Waals surface area contributed by atoms with Crippen molar-refractivity contribution >= 4 is 11.9 Å². The van der Waals surface area contributed by atoms with E-state index in [-0.39, 0.29) is 0 Å². The highest BCUT2D eigenvalue weighted by Crippen LogP contribution is 2.17. The van der Waals surface area contributed by atoms with Crippen LogP contribution in [0.4, 0.5) is 0 Å². The third kappa shape index (κ3) is 3.75. The fraction of sp³-hybridized carbons (Fsp3) is 0.125. The van der Waals surface area contributed by atoms with Crippen molar-refractivity contribution in [2.24, 2.45) is 0 Å². The van der Waals surface area contributed by atoms with E-state index in [2.05, 4.69) is 4.74 Å². The van der Waals surface area contributed by atoms with Crippen molar-refractivity contribution in [2.45, 2.75) is 12.2 Å². The lowest BCUT2D eigenvalue weighted by atomic mass is 10.1. The summed E-state index contributed by atoms with van der Waals surface area (Å²) in [6, 6.07) is 16.2. The van der Waals surface area contributed by atoms with Gasteiger partial charge in [0.25, 0.3) is 0 Å². The van der Waals surface area contributed by atoms with E-state index in [9.17, 15) is 19.8 Å². The Labute approximate surface area is 121 Å². The van der Waals surface area contributed by atoms with E-state index in [1.165, 1.54) is 24.3 Å². The first-order chi connectivity index (χ1) is 10.1. The van der Waals surface area contributed by atoms with Gasteiger partial charge < -0.3 is 14.9 Å². The van der Waals surface area contributed by atoms with Crippen molar-refractivity contribution in [3.63, 3.8) is 0 Å². The number of carbonyl (C=O) groups excluding carboxylic acids is 2. The Kier molecular flexibility index (Phi) is 4.81. The summed E-state index contributed by atoms with van der Waals surface area (Å²) < 4.78 is 4.50. The molecule has 0 aliphatic heterocycles. The molecule has 5 nitrogen and oxygen atoms in total. The molecule has 0 amide bonds. The molecule has 21 heavy (non-hydrogen) atoms. The van der Waals surface area contributed by atoms with Crippen LogP contribution in [0, 0.1) is 0 Å². The number of ether oxygens (including phenoxy) is 1. The van der Waals surface area contributed by atoms with Crippen LogP contribution in [0.2, 0.25) is 0 Å². The number of aliphatic hydroxyl groups is 2. The summed E-state index contributed by atoms with van der Waals surface area (Å²) in [6.07, 6.45) is -3.14. The highest BCUT2D eigenvalue weighted by Gasteiger charge is 2.26. The fourth-order valence-electron chi connectivity index (χ4n) is 1.75. The Balaban J connectivity index is 2.01. The molecule has 2 aromatic carbocycles. The van der Waals surface area contributed by atoms with Crippen LogP contribution >= 0.6 is 0 Å². The molecule has 108 valence electrons. The Morgan fingerprint density at radius 2 is 1.05 bits per heavy atom. The summed E-state index contributed by atoms with van der Waals surface area (Å²) >= 11 is 0. The van der Waals surface area contributed by atoms with Gasteiger partial charge in [-0.05, 0) is 11.1 Å². The van der Waals surface area contributed by atoms with Crippen molar-refractivity contribution in [1.29, 1.82) is 0 Å². The van der Waals surface area contributed by atoms with Crippen LogP contribution in [0.5, 0.6) is 0 Å². The molecule has 0 aromatic heterocycles. The van der Waals surface area contributed by atoms with E-state index in [4.69, 9.17) is 0 Å². The van der Waals surface area contributed by atoms with Crippen LogP contribution in [-0.4, -0.2) is 22.2 Å². The van der Waals surface area contributed by atoms with Gasteiger partial charge in [0.2, 0.25) is 0 Å². The van der Waals surface area contributed by atoms with Crippen LogP contribution in [0.25, 0.3) is 0 Å². The number of hydrogen-bond acceptors (Lipinski definition) is 5. The average molecular weight is 286 g/mol. The first-order valence-corrected chi connectivity index (χ1v) is 6.31. The van der Waals surface area contributed by atoms with Gasteiger partial charge in [0, 0.05) is 0 Å². The predicted molar refractivity (Wildman–Crippen MR) is 73.9 cm³/mol. The molecular formula is C16H14O5. The summed E-state index contributed by atoms with van der Waals surface area (Å²) in [6.45, 7) is 0. The number of carbonyl (C=O) groups is 2. The van der Waals surface area contributed by atoms with Crippen molar-refractivity contribution < 1.29 is 24.5 Å². The molecule has 0 saturated heterocycles. The normalized spacial score (nSPS) is 13.2. The summed E-state index contributed by atoms with van der Waals surface area (Å²) in [5.41, 5.74) is 0.619. The maximum atomic E-state index is 11.7. The largest absolute Gasteiger partial charge is 0.389 e. The zero-order valence-electron chi connectivity index (χ0n) is 11.0. The minimum absolute atomic E-state index is 0.310. The molecule has 2 N–H and O–H groups in total. The Hall–Kier alpha value is -2.50. The van der Waals surface area contributed by atoms with E-state index in [1.54, 1.807) is 36.4 Å². The van der Waals surface area contributed by atoms with Crippen LogP contribution in [0.1, 0.15) is 23.3 Å². The standard InChI is InChI=1S/C16H14O5/c17-13(11-7-3-1-4-8-11)15(19)21-16(20)14(18)12-9-5-2-6-10-12/h1-10,13-14,17-18H/t13-,14?/m1/s1. The van der Waals surface area contributed by atoms with Crippen molar-refractivity contribution in [2.75, 3.05) is 0 Å². The molecule has 2 aromatic rings. The molecular weight excluding hydrogens is 272 g/mol. The van der Waals surface area contributed by atoms with Gasteiger partial charge in [-0.1, -0.05) is 60.7 Å². The molecule has 0 bridgehead atoms. The van der Waals surface area contributed by atoms with E-state index >= 15 is 0 Å². The minimum Gasteiger partial charge on any atom is -0.389 e. The first-order valence-electron chi connectivity index (χ1n) is 6.31. The molecule has 5 heteroatoms. The summed E-state index contributed by atoms with van der Waals surface area (Å²) in [4.78, 5) is 23.4. The van der Waals surface area contributed by atoms with Crippen molar-refractivity contribution in [3.8, 4) is 0 Å². The van der Waals surface area contributed by atoms with E-state index < -0.39 is 24.1 Å². The Morgan fingerprint density at radius 3 is 1.38 bits per heavy atom. The third-order valence-electron chi connectivity index (χ3n) is 2.88. The Morgan fingerprint density at radius 1 is 0.714 bits per heavy atom. The Bertz CT molecular complexity index is 554. The van der Waals surface area contributed by atoms with Crippen LogP contribution in [0.15, 0.2) is 60.7 Å². The maximum Gasteiger partial charge on any atom is 0.347 e. The minimum atomic E-state index is -1.57. The fourth-order valence-corrected chi connectivity index (χ4v) is 1.75. The van der Waals surface area contributed by atoms with Gasteiger partial charge in [0.05, 0.1) is 0 Å². The molecule has 2 rings (SSSR count). The second-order valence-corrected chi connectivity index (χ2v) is 4.37. The third-order valence-corrected chi connectivity index (χ3v) is 2.88. The van der Waals surface area contributed by atoms with E-state index in [0.717, 1.165) is 0 Å². The first kappa shape index (κ1) is 14.9. The summed E-state index contributed by atoms with van der Waals surface area (Å²) in [7, 11) is 0. The number of hydrogen-bond donors (Lipinski definition) is 2. The quantitative estimate of drug-likeness (QED) is 0.657. The van der Waals surface area contributed by atoms with Crippen LogP contribution < -0.4 is 0 Å². The molecule has 0 heterocycles. The highest BCUT2D eigenvalue weighted by atomic mass is 16.6. The SMILES string of the molecule is O=C(OC(=O)[C@H](O)c1ccccc1)C(O)c1ccccc1. The molecule has 0 aliphatic carbocycles. The number of rotatable bonds is 4. The smallest absolute Gasteiger partial charge is 0.347 e. The highest BCUT2D eigenvalue weighted by molar-refractivity contribution is 5.90. The maximum absolute atomic E-state index is 11.7. The lowest BCUT2D eigenvalue weighted by molar-refractivity contribution is -0.171. The monoisotopic (exact) mass is 286 g/mol. The molecule has 0 fully saturated rings. The van der Waals surface area contributed by atoms with Gasteiger partial charge in [-0.15, -0.1) is 0 Å². The van der Waals surface area contributed by atoms with Crippen molar-refractivity contribution in [1.82, 2.24) is 0 Å². The van der Waals surface area contributed by atoms with Gasteiger partial charge in [-0.2, -0.15) is 0 Å². The van der Waals surface area contributed by atoms with Gasteiger partial charge in [-0.25, -0.2) is 9.59 Å². The van der Waals surface area contributed by atoms with Crippen LogP contribution in [-0.2, 0) is 14.3 Å². The molecule has 0 radical (unpaired) electrons. The van der Waals surface area contributed by atoms with Gasteiger partial charge >= 0.3 is 11.9 Å². The van der Waals surface area contributed by atoms with Gasteiger partial charge in [0.1, 0.15) is 0 Å². The van der Waals surface area contributed by atoms with E-state index in [0.29, 0.717) is 11.1 Å². The number of benzene rings is 2. The summed E-state index contributed by atoms with van der Waals surface area (Å²) in [5.74, 6) is -2.25. The van der Waals surface area contributed by atoms with Crippen LogP contribution in [0.3, 0.4) is 0 Å². The van der Waals surface area contributed by atoms with Crippen molar-refractivity contribution in [3.05, 3.63) is 71.8 Å². The second kappa shape index (κ2) is 6.78. The molecule has 0 saturated carbocycles. The lowest BCUT2D eigenvalue weighted by Crippen LogP contribution is -2.23. The summed E-state index contributed by atoms with van der Waals surface area (Å²) in [5, 5.41) is 19.6. The zero-order chi connectivity index (χ0) is 15.2. The average Bonchev–Trinajstić information content (AvgIpc) is 2.55. The van der Waals surface area contributed by atoms with Gasteiger partial charge in [-0.3, -0.25) is 0 Å². The molecule has 2 atom stereocenters. The molecule has 1 unspecified atom stereocenters. The lowest BCUT2D eigenvalue weighted by Gasteiger charge is -2.12. The number of esters is 2.